The van der Waals surface area contributed by atoms with Crippen molar-refractivity contribution >= 4 is 58.1 Å². The fourth-order valence-corrected chi connectivity index (χ4v) is 10.4. The van der Waals surface area contributed by atoms with E-state index in [1.165, 1.54) is 11.1 Å². The minimum Gasteiger partial charge on any atom is -0.497 e. The van der Waals surface area contributed by atoms with Crippen LogP contribution >= 0.6 is 46.7 Å². The predicted octanol–water partition coefficient (Wildman–Crippen LogP) is 12.1. The van der Waals surface area contributed by atoms with Crippen LogP contribution in [0.2, 0.25) is 10.0 Å². The van der Waals surface area contributed by atoms with Gasteiger partial charge in [-0.05, 0) is 119 Å². The molecule has 0 bridgehead atoms. The van der Waals surface area contributed by atoms with Crippen molar-refractivity contribution in [2.45, 2.75) is 59.7 Å². The summed E-state index contributed by atoms with van der Waals surface area (Å²) in [5.74, 6) is 4.30. The summed E-state index contributed by atoms with van der Waals surface area (Å²) in [7, 11) is 3.34. The zero-order valence-corrected chi connectivity index (χ0v) is 40.2. The largest absolute Gasteiger partial charge is 0.497 e. The Hall–Kier alpha value is -6.58. The van der Waals surface area contributed by atoms with Crippen LogP contribution in [0.25, 0.3) is 0 Å². The smallest absolute Gasteiger partial charge is 0.212 e. The number of aryl methyl sites for hydroxylation is 2. The number of benzene rings is 6. The van der Waals surface area contributed by atoms with E-state index in [0.29, 0.717) is 44.8 Å². The van der Waals surface area contributed by atoms with Crippen LogP contribution in [-0.4, -0.2) is 55.4 Å². The molecule has 4 heterocycles. The second-order valence-corrected chi connectivity index (χ2v) is 19.3. The average molecular weight is 980 g/mol. The van der Waals surface area contributed by atoms with Gasteiger partial charge in [-0.3, -0.25) is 0 Å². The highest BCUT2D eigenvalue weighted by Crippen LogP contribution is 2.42. The Morgan fingerprint density at radius 2 is 0.838 bits per heavy atom. The normalized spacial score (nSPS) is 15.5. The Morgan fingerprint density at radius 1 is 0.471 bits per heavy atom. The molecule has 2 atom stereocenters. The number of nitrogens with zero attached hydrogens (tertiary/aromatic N) is 8. The van der Waals surface area contributed by atoms with E-state index < -0.39 is 0 Å². The van der Waals surface area contributed by atoms with E-state index in [2.05, 4.69) is 68.9 Å². The summed E-state index contributed by atoms with van der Waals surface area (Å²) in [5, 5.41) is 31.1. The average Bonchev–Trinajstić information content (AvgIpc) is 3.80. The van der Waals surface area contributed by atoms with Crippen molar-refractivity contribution in [1.82, 2.24) is 29.7 Å². The first kappa shape index (κ1) is 45.2. The van der Waals surface area contributed by atoms with E-state index in [-0.39, 0.29) is 23.7 Å². The maximum Gasteiger partial charge on any atom is 0.212 e. The molecule has 2 aliphatic rings. The molecule has 0 radical (unpaired) electrons. The maximum atomic E-state index is 6.25. The summed E-state index contributed by atoms with van der Waals surface area (Å²) >= 11 is 15.8. The van der Waals surface area contributed by atoms with Crippen molar-refractivity contribution in [3.8, 4) is 23.0 Å². The molecule has 0 aliphatic carbocycles. The second kappa shape index (κ2) is 20.7. The third-order valence-corrected chi connectivity index (χ3v) is 14.5. The summed E-state index contributed by atoms with van der Waals surface area (Å²) in [5.41, 5.74) is 8.47. The molecule has 10 rings (SSSR count). The fraction of sp³-hybridized carbons (Fsp3) is 0.192. The summed E-state index contributed by atoms with van der Waals surface area (Å²) in [6.07, 6.45) is 3.10. The van der Waals surface area contributed by atoms with Crippen LogP contribution in [0.4, 0.5) is 0 Å². The lowest BCUT2D eigenvalue weighted by Crippen LogP contribution is -2.09. The van der Waals surface area contributed by atoms with Crippen LogP contribution in [0.1, 0.15) is 68.4 Å². The summed E-state index contributed by atoms with van der Waals surface area (Å²) in [6.45, 7) is 0.403. The highest BCUT2D eigenvalue weighted by Gasteiger charge is 2.28. The molecule has 12 nitrogen and oxygen atoms in total. The van der Waals surface area contributed by atoms with E-state index in [4.69, 9.17) is 52.4 Å². The van der Waals surface area contributed by atoms with Gasteiger partial charge in [-0.1, -0.05) is 120 Å². The second-order valence-electron chi connectivity index (χ2n) is 16.1. The molecule has 0 saturated carbocycles. The van der Waals surface area contributed by atoms with Crippen LogP contribution in [0, 0.1) is 0 Å². The highest BCUT2D eigenvalue weighted by atomic mass is 35.5. The highest BCUT2D eigenvalue weighted by molar-refractivity contribution is 7.99. The number of hydrogen-bond acceptors (Lipinski definition) is 12. The number of ether oxygens (including phenoxy) is 4. The topological polar surface area (TPSA) is 123 Å². The Kier molecular flexibility index (Phi) is 13.8. The van der Waals surface area contributed by atoms with E-state index in [1.54, 1.807) is 47.1 Å². The minimum atomic E-state index is 0.0570. The molecule has 342 valence electrons. The van der Waals surface area contributed by atoms with Crippen molar-refractivity contribution in [2.24, 2.45) is 10.2 Å². The molecule has 0 spiro atoms. The van der Waals surface area contributed by atoms with E-state index in [9.17, 15) is 0 Å². The number of halogens is 2. The zero-order chi connectivity index (χ0) is 46.4. The van der Waals surface area contributed by atoms with Gasteiger partial charge in [0, 0.05) is 33.4 Å². The van der Waals surface area contributed by atoms with E-state index in [0.717, 1.165) is 69.5 Å². The van der Waals surface area contributed by atoms with Crippen LogP contribution < -0.4 is 18.9 Å². The Morgan fingerprint density at radius 3 is 1.21 bits per heavy atom. The molecule has 2 aromatic heterocycles. The van der Waals surface area contributed by atoms with Gasteiger partial charge in [-0.25, -0.2) is 0 Å². The molecule has 0 saturated heterocycles. The van der Waals surface area contributed by atoms with Gasteiger partial charge in [0.05, 0.1) is 25.6 Å². The van der Waals surface area contributed by atoms with E-state index >= 15 is 0 Å². The van der Waals surface area contributed by atoms with E-state index in [1.807, 2.05) is 97.1 Å². The van der Waals surface area contributed by atoms with Gasteiger partial charge < -0.3 is 18.9 Å². The first-order chi connectivity index (χ1) is 33.3. The molecule has 2 unspecified atom stereocenters. The van der Waals surface area contributed by atoms with Gasteiger partial charge in [0.15, 0.2) is 11.6 Å². The summed E-state index contributed by atoms with van der Waals surface area (Å²) in [6, 6.07) is 48.2. The third-order valence-electron chi connectivity index (χ3n) is 11.7. The molecule has 8 aromatic rings. The first-order valence-electron chi connectivity index (χ1n) is 21.9. The fourth-order valence-electron chi connectivity index (χ4n) is 7.87. The molecule has 6 aromatic carbocycles. The van der Waals surface area contributed by atoms with Gasteiger partial charge in [-0.2, -0.15) is 19.6 Å². The molecular weight excluding hydrogens is 936 g/mol. The van der Waals surface area contributed by atoms with Gasteiger partial charge in [-0.15, -0.1) is 20.4 Å². The Labute approximate surface area is 412 Å². The van der Waals surface area contributed by atoms with Crippen molar-refractivity contribution in [3.05, 3.63) is 201 Å². The number of aromatic nitrogens is 6. The lowest BCUT2D eigenvalue weighted by Gasteiger charge is -2.15. The predicted molar refractivity (Wildman–Crippen MR) is 268 cm³/mol. The molecule has 68 heavy (non-hydrogen) atoms. The van der Waals surface area contributed by atoms with Crippen molar-refractivity contribution in [2.75, 3.05) is 14.2 Å². The third kappa shape index (κ3) is 10.6. The number of methoxy groups -OCH3 is 2. The van der Waals surface area contributed by atoms with Crippen molar-refractivity contribution < 1.29 is 18.9 Å². The summed E-state index contributed by atoms with van der Waals surface area (Å²) < 4.78 is 26.9. The molecule has 0 fully saturated rings. The van der Waals surface area contributed by atoms with Gasteiger partial charge in [0.2, 0.25) is 10.3 Å². The lowest BCUT2D eigenvalue weighted by atomic mass is 10.0. The monoisotopic (exact) mass is 978 g/mol. The van der Waals surface area contributed by atoms with Crippen LogP contribution in [0.15, 0.2) is 166 Å². The number of hydrogen-bond donors (Lipinski definition) is 0. The van der Waals surface area contributed by atoms with Crippen molar-refractivity contribution in [3.63, 3.8) is 0 Å². The molecule has 2 aliphatic heterocycles. The molecular formula is C52H44Cl2N8O4S2. The van der Waals surface area contributed by atoms with Gasteiger partial charge >= 0.3 is 0 Å². The number of rotatable bonds is 15. The quantitative estimate of drug-likeness (QED) is 0.0981. The van der Waals surface area contributed by atoms with Crippen LogP contribution in [0.3, 0.4) is 0 Å². The first-order valence-corrected chi connectivity index (χ1v) is 24.5. The van der Waals surface area contributed by atoms with Crippen LogP contribution in [0.5, 0.6) is 23.0 Å². The SMILES string of the molecule is COc1ccc(C2CC(c3ccc(Cl)cc3)=Nn3c(COc4ccc(CCc5ccc(OCc6nnc7n6N=C(c6ccc(Cl)cc6)CC(c6ccc(OC)cc6)S7)cc5)cc4)nnc3S2)cc1. The van der Waals surface area contributed by atoms with Gasteiger partial charge in [0.1, 0.15) is 36.2 Å². The standard InChI is InChI=1S/C52H44Cl2N8O4S2/c1-63-41-25-13-37(14-26-41)47-29-45(35-9-17-39(53)18-10-35)59-61-49(55-57-51(61)67-47)31-65-43-21-5-33(6-22-43)3-4-34-7-23-44(24-8-34)66-32-50-56-58-52-62(50)60-46(36-11-19-40(54)20-12-36)30-48(68-52)38-15-27-42(64-2)28-16-38/h5-28,47-48H,3-4,29-32H2,1-2H3. The molecule has 0 N–H and O–H groups in total. The van der Waals surface area contributed by atoms with Crippen molar-refractivity contribution in [1.29, 1.82) is 0 Å². The van der Waals surface area contributed by atoms with Crippen LogP contribution in [-0.2, 0) is 26.1 Å². The number of fused-ring (bicyclic) bond motifs is 2. The Bertz CT molecular complexity index is 2850. The zero-order valence-electron chi connectivity index (χ0n) is 37.0. The molecule has 16 heteroatoms. The summed E-state index contributed by atoms with van der Waals surface area (Å²) in [4.78, 5) is 0. The minimum absolute atomic E-state index is 0.0570. The Balaban J connectivity index is 0.757. The lowest BCUT2D eigenvalue weighted by molar-refractivity contribution is 0.289. The van der Waals surface area contributed by atoms with Gasteiger partial charge in [0.25, 0.3) is 0 Å². The number of thioether (sulfide) groups is 2. The molecule has 0 amide bonds. The maximum absolute atomic E-state index is 6.25.